The lowest BCUT2D eigenvalue weighted by molar-refractivity contribution is 0.0741. The Morgan fingerprint density at radius 1 is 1.21 bits per heavy atom. The van der Waals surface area contributed by atoms with E-state index in [1.807, 2.05) is 65.7 Å². The molecule has 0 saturated heterocycles. The standard InChI is InChI=1S/C22H23BrN2O2S/c1-3-11-25(22(26)17-8-6-9-18(23)12-17)13-19-15-28-21(24-19)14-27-20-10-5-4-7-16(20)2/h4-10,12,15H,3,11,13-14H2,1-2H3. The highest BCUT2D eigenvalue weighted by Gasteiger charge is 2.17. The molecule has 4 nitrogen and oxygen atoms in total. The molecule has 1 aromatic heterocycles. The van der Waals surface area contributed by atoms with Gasteiger partial charge >= 0.3 is 0 Å². The van der Waals surface area contributed by atoms with Gasteiger partial charge in [-0.1, -0.05) is 47.1 Å². The van der Waals surface area contributed by atoms with E-state index in [1.165, 1.54) is 0 Å². The van der Waals surface area contributed by atoms with Crippen LogP contribution >= 0.6 is 27.3 Å². The zero-order valence-electron chi connectivity index (χ0n) is 16.0. The second-order valence-corrected chi connectivity index (χ2v) is 8.38. The third-order valence-electron chi connectivity index (χ3n) is 4.25. The summed E-state index contributed by atoms with van der Waals surface area (Å²) in [4.78, 5) is 19.4. The van der Waals surface area contributed by atoms with Gasteiger partial charge in [-0.25, -0.2) is 4.98 Å². The lowest BCUT2D eigenvalue weighted by atomic mass is 10.2. The molecule has 0 saturated carbocycles. The molecule has 2 aromatic carbocycles. The van der Waals surface area contributed by atoms with Crippen molar-refractivity contribution < 1.29 is 9.53 Å². The summed E-state index contributed by atoms with van der Waals surface area (Å²) in [5, 5.41) is 2.91. The van der Waals surface area contributed by atoms with Crippen molar-refractivity contribution in [2.24, 2.45) is 0 Å². The molecule has 28 heavy (non-hydrogen) atoms. The average Bonchev–Trinajstić information content (AvgIpc) is 3.14. The van der Waals surface area contributed by atoms with Crippen LogP contribution in [0.25, 0.3) is 0 Å². The van der Waals surface area contributed by atoms with E-state index in [1.54, 1.807) is 11.3 Å². The number of carbonyl (C=O) groups is 1. The highest BCUT2D eigenvalue weighted by atomic mass is 79.9. The van der Waals surface area contributed by atoms with Crippen LogP contribution in [0.1, 0.15) is 40.0 Å². The number of hydrogen-bond donors (Lipinski definition) is 0. The molecule has 1 amide bonds. The number of ether oxygens (including phenoxy) is 1. The smallest absolute Gasteiger partial charge is 0.254 e. The van der Waals surface area contributed by atoms with E-state index in [0.717, 1.165) is 32.9 Å². The fourth-order valence-electron chi connectivity index (χ4n) is 2.87. The molecular weight excluding hydrogens is 436 g/mol. The quantitative estimate of drug-likeness (QED) is 0.425. The number of hydrogen-bond acceptors (Lipinski definition) is 4. The first-order valence-electron chi connectivity index (χ1n) is 9.23. The second kappa shape index (κ2) is 9.85. The van der Waals surface area contributed by atoms with E-state index in [-0.39, 0.29) is 5.91 Å². The number of amides is 1. The van der Waals surface area contributed by atoms with Gasteiger partial charge in [0.05, 0.1) is 12.2 Å². The first-order valence-corrected chi connectivity index (χ1v) is 10.9. The number of carbonyl (C=O) groups excluding carboxylic acids is 1. The van der Waals surface area contributed by atoms with E-state index in [0.29, 0.717) is 25.3 Å². The fourth-order valence-corrected chi connectivity index (χ4v) is 3.96. The summed E-state index contributed by atoms with van der Waals surface area (Å²) in [6.07, 6.45) is 0.896. The first kappa shape index (κ1) is 20.6. The van der Waals surface area contributed by atoms with Gasteiger partial charge in [0, 0.05) is 22.0 Å². The molecule has 0 fully saturated rings. The van der Waals surface area contributed by atoms with Gasteiger partial charge in [0.25, 0.3) is 5.91 Å². The molecular formula is C22H23BrN2O2S. The number of thiazole rings is 1. The Bertz CT molecular complexity index is 942. The van der Waals surface area contributed by atoms with Crippen molar-refractivity contribution in [2.45, 2.75) is 33.4 Å². The lowest BCUT2D eigenvalue weighted by Crippen LogP contribution is -2.31. The molecule has 0 spiro atoms. The van der Waals surface area contributed by atoms with E-state index in [9.17, 15) is 4.79 Å². The van der Waals surface area contributed by atoms with E-state index < -0.39 is 0 Å². The predicted molar refractivity (Wildman–Crippen MR) is 117 cm³/mol. The van der Waals surface area contributed by atoms with Crippen LogP contribution in [0.15, 0.2) is 58.4 Å². The summed E-state index contributed by atoms with van der Waals surface area (Å²) in [5.74, 6) is 0.894. The molecule has 0 aliphatic carbocycles. The van der Waals surface area contributed by atoms with Crippen LogP contribution in [0.5, 0.6) is 5.75 Å². The molecule has 0 aliphatic heterocycles. The number of rotatable bonds is 8. The monoisotopic (exact) mass is 458 g/mol. The lowest BCUT2D eigenvalue weighted by Gasteiger charge is -2.21. The van der Waals surface area contributed by atoms with Crippen molar-refractivity contribution in [3.8, 4) is 5.75 Å². The minimum Gasteiger partial charge on any atom is -0.486 e. The van der Waals surface area contributed by atoms with Gasteiger partial charge in [0.2, 0.25) is 0 Å². The summed E-state index contributed by atoms with van der Waals surface area (Å²) in [6.45, 7) is 5.73. The first-order chi connectivity index (χ1) is 13.6. The Balaban J connectivity index is 1.65. The molecule has 0 bridgehead atoms. The van der Waals surface area contributed by atoms with Crippen molar-refractivity contribution in [1.82, 2.24) is 9.88 Å². The van der Waals surface area contributed by atoms with Gasteiger partial charge < -0.3 is 9.64 Å². The van der Waals surface area contributed by atoms with Crippen molar-refractivity contribution in [3.63, 3.8) is 0 Å². The summed E-state index contributed by atoms with van der Waals surface area (Å²) in [6, 6.07) is 15.4. The second-order valence-electron chi connectivity index (χ2n) is 6.52. The predicted octanol–water partition coefficient (Wildman–Crippen LogP) is 5.85. The van der Waals surface area contributed by atoms with Crippen LogP contribution in [0.2, 0.25) is 0 Å². The normalized spacial score (nSPS) is 10.7. The van der Waals surface area contributed by atoms with Crippen LogP contribution in [0.4, 0.5) is 0 Å². The molecule has 1 heterocycles. The number of benzene rings is 2. The van der Waals surface area contributed by atoms with E-state index in [4.69, 9.17) is 4.74 Å². The van der Waals surface area contributed by atoms with Crippen molar-refractivity contribution in [1.29, 1.82) is 0 Å². The minimum atomic E-state index is 0.0221. The molecule has 146 valence electrons. The van der Waals surface area contributed by atoms with Gasteiger partial charge in [0.1, 0.15) is 17.4 Å². The molecule has 0 radical (unpaired) electrons. The van der Waals surface area contributed by atoms with Crippen molar-refractivity contribution in [2.75, 3.05) is 6.54 Å². The Hall–Kier alpha value is -2.18. The highest BCUT2D eigenvalue weighted by Crippen LogP contribution is 2.20. The third-order valence-corrected chi connectivity index (χ3v) is 5.61. The summed E-state index contributed by atoms with van der Waals surface area (Å²) < 4.78 is 6.78. The summed E-state index contributed by atoms with van der Waals surface area (Å²) in [7, 11) is 0. The molecule has 3 aromatic rings. The van der Waals surface area contributed by atoms with Crippen LogP contribution in [-0.4, -0.2) is 22.3 Å². The van der Waals surface area contributed by atoms with Gasteiger partial charge in [-0.05, 0) is 43.2 Å². The van der Waals surface area contributed by atoms with Gasteiger partial charge in [-0.3, -0.25) is 4.79 Å². The molecule has 3 rings (SSSR count). The number of aryl methyl sites for hydroxylation is 1. The highest BCUT2D eigenvalue weighted by molar-refractivity contribution is 9.10. The Kier molecular flexibility index (Phi) is 7.23. The summed E-state index contributed by atoms with van der Waals surface area (Å²) in [5.41, 5.74) is 2.68. The Morgan fingerprint density at radius 2 is 2.04 bits per heavy atom. The Labute approximate surface area is 178 Å². The van der Waals surface area contributed by atoms with Crippen LogP contribution in [0, 0.1) is 6.92 Å². The number of para-hydroxylation sites is 1. The minimum absolute atomic E-state index is 0.0221. The Morgan fingerprint density at radius 3 is 2.79 bits per heavy atom. The van der Waals surface area contributed by atoms with E-state index in [2.05, 4.69) is 27.8 Å². The zero-order chi connectivity index (χ0) is 19.9. The molecule has 0 N–H and O–H groups in total. The topological polar surface area (TPSA) is 42.4 Å². The third kappa shape index (κ3) is 5.42. The van der Waals surface area contributed by atoms with E-state index >= 15 is 0 Å². The molecule has 0 unspecified atom stereocenters. The SMILES string of the molecule is CCCN(Cc1csc(COc2ccccc2C)n1)C(=O)c1cccc(Br)c1. The fraction of sp³-hybridized carbons (Fsp3) is 0.273. The maximum atomic E-state index is 12.9. The van der Waals surface area contributed by atoms with Gasteiger partial charge in [-0.2, -0.15) is 0 Å². The van der Waals surface area contributed by atoms with Crippen LogP contribution in [-0.2, 0) is 13.2 Å². The average molecular weight is 459 g/mol. The number of nitrogens with zero attached hydrogens (tertiary/aromatic N) is 2. The van der Waals surface area contributed by atoms with Gasteiger partial charge in [-0.15, -0.1) is 11.3 Å². The number of halogens is 1. The molecule has 0 atom stereocenters. The molecule has 6 heteroatoms. The summed E-state index contributed by atoms with van der Waals surface area (Å²) >= 11 is 5.00. The van der Waals surface area contributed by atoms with Gasteiger partial charge in [0.15, 0.2) is 0 Å². The van der Waals surface area contributed by atoms with Crippen molar-refractivity contribution in [3.05, 3.63) is 80.2 Å². The van der Waals surface area contributed by atoms with Crippen molar-refractivity contribution >= 4 is 33.2 Å². The maximum Gasteiger partial charge on any atom is 0.254 e. The largest absolute Gasteiger partial charge is 0.486 e. The van der Waals surface area contributed by atoms with Crippen LogP contribution in [0.3, 0.4) is 0 Å². The number of aromatic nitrogens is 1. The molecule has 0 aliphatic rings. The zero-order valence-corrected chi connectivity index (χ0v) is 18.4. The maximum absolute atomic E-state index is 12.9. The van der Waals surface area contributed by atoms with Crippen LogP contribution < -0.4 is 4.74 Å².